The van der Waals surface area contributed by atoms with E-state index in [9.17, 15) is 13.2 Å². The first kappa shape index (κ1) is 16.0. The molecule has 1 aromatic heterocycles. The van der Waals surface area contributed by atoms with E-state index in [1.807, 2.05) is 4.90 Å². The molecule has 1 aliphatic heterocycles. The molecule has 4 nitrogen and oxygen atoms in total. The zero-order valence-electron chi connectivity index (χ0n) is 11.7. The molecular formula is C14H20F3N3O. The summed E-state index contributed by atoms with van der Waals surface area (Å²) in [5.41, 5.74) is 5.34. The Morgan fingerprint density at radius 1 is 1.33 bits per heavy atom. The number of rotatable bonds is 4. The van der Waals surface area contributed by atoms with Crippen LogP contribution >= 0.6 is 0 Å². The van der Waals surface area contributed by atoms with Crippen molar-refractivity contribution in [1.29, 1.82) is 0 Å². The molecule has 0 saturated carbocycles. The number of aliphatic hydroxyl groups is 1. The monoisotopic (exact) mass is 303 g/mol. The van der Waals surface area contributed by atoms with Gasteiger partial charge in [-0.25, -0.2) is 4.98 Å². The van der Waals surface area contributed by atoms with Crippen LogP contribution in [0.1, 0.15) is 36.9 Å². The second-order valence-corrected chi connectivity index (χ2v) is 5.24. The largest absolute Gasteiger partial charge is 0.433 e. The van der Waals surface area contributed by atoms with Gasteiger partial charge in [-0.15, -0.1) is 0 Å². The van der Waals surface area contributed by atoms with E-state index in [0.717, 1.165) is 25.3 Å². The van der Waals surface area contributed by atoms with Gasteiger partial charge in [0.2, 0.25) is 0 Å². The number of halogens is 3. The third kappa shape index (κ3) is 3.65. The summed E-state index contributed by atoms with van der Waals surface area (Å²) in [4.78, 5) is 5.68. The topological polar surface area (TPSA) is 62.4 Å². The highest BCUT2D eigenvalue weighted by atomic mass is 19.4. The molecule has 0 amide bonds. The molecule has 2 heterocycles. The van der Waals surface area contributed by atoms with Gasteiger partial charge < -0.3 is 15.7 Å². The number of nitrogens with two attached hydrogens (primary N) is 1. The highest BCUT2D eigenvalue weighted by molar-refractivity contribution is 5.49. The number of alkyl halides is 3. The average molecular weight is 303 g/mol. The van der Waals surface area contributed by atoms with Crippen molar-refractivity contribution < 1.29 is 18.3 Å². The molecule has 0 spiro atoms. The van der Waals surface area contributed by atoms with E-state index >= 15 is 0 Å². The summed E-state index contributed by atoms with van der Waals surface area (Å²) in [5.74, 6) is 0.311. The first-order chi connectivity index (χ1) is 9.97. The van der Waals surface area contributed by atoms with E-state index in [0.29, 0.717) is 24.3 Å². The second-order valence-electron chi connectivity index (χ2n) is 5.24. The van der Waals surface area contributed by atoms with Crippen LogP contribution < -0.4 is 10.6 Å². The van der Waals surface area contributed by atoms with Crippen LogP contribution in [-0.2, 0) is 12.7 Å². The van der Waals surface area contributed by atoms with Crippen molar-refractivity contribution in [2.24, 2.45) is 5.73 Å². The van der Waals surface area contributed by atoms with Gasteiger partial charge in [0.05, 0.1) is 0 Å². The molecular weight excluding hydrogens is 283 g/mol. The lowest BCUT2D eigenvalue weighted by Crippen LogP contribution is -2.41. The fourth-order valence-corrected chi connectivity index (χ4v) is 2.77. The SMILES string of the molecule is NCc1ccc(C(F)(F)F)nc1N1CCCCC1CCO. The standard InChI is InChI=1S/C14H20F3N3O/c15-14(16,17)12-5-4-10(9-18)13(19-12)20-7-2-1-3-11(20)6-8-21/h4-5,11,21H,1-3,6-9,18H2. The smallest absolute Gasteiger partial charge is 0.396 e. The number of pyridine rings is 1. The summed E-state index contributed by atoms with van der Waals surface area (Å²) < 4.78 is 38.6. The van der Waals surface area contributed by atoms with E-state index in [2.05, 4.69) is 4.98 Å². The molecule has 1 unspecified atom stereocenters. The van der Waals surface area contributed by atoms with E-state index in [4.69, 9.17) is 10.8 Å². The second kappa shape index (κ2) is 6.62. The summed E-state index contributed by atoms with van der Waals surface area (Å²) in [6.45, 7) is 0.798. The first-order valence-electron chi connectivity index (χ1n) is 7.12. The maximum Gasteiger partial charge on any atom is 0.433 e. The summed E-state index contributed by atoms with van der Waals surface area (Å²) in [7, 11) is 0. The Balaban J connectivity index is 2.39. The van der Waals surface area contributed by atoms with Gasteiger partial charge in [0.15, 0.2) is 0 Å². The van der Waals surface area contributed by atoms with Gasteiger partial charge in [0.25, 0.3) is 0 Å². The summed E-state index contributed by atoms with van der Waals surface area (Å²) >= 11 is 0. The fraction of sp³-hybridized carbons (Fsp3) is 0.643. The van der Waals surface area contributed by atoms with Crippen molar-refractivity contribution in [1.82, 2.24) is 4.98 Å². The average Bonchev–Trinajstić information content (AvgIpc) is 2.46. The van der Waals surface area contributed by atoms with Gasteiger partial charge in [-0.05, 0) is 31.7 Å². The Morgan fingerprint density at radius 2 is 2.10 bits per heavy atom. The molecule has 0 aliphatic carbocycles. The molecule has 0 bridgehead atoms. The van der Waals surface area contributed by atoms with Crippen molar-refractivity contribution >= 4 is 5.82 Å². The van der Waals surface area contributed by atoms with Crippen LogP contribution in [0.3, 0.4) is 0 Å². The van der Waals surface area contributed by atoms with E-state index < -0.39 is 11.9 Å². The third-order valence-electron chi connectivity index (χ3n) is 3.83. The lowest BCUT2D eigenvalue weighted by Gasteiger charge is -2.37. The minimum Gasteiger partial charge on any atom is -0.396 e. The molecule has 21 heavy (non-hydrogen) atoms. The molecule has 7 heteroatoms. The van der Waals surface area contributed by atoms with Crippen molar-refractivity contribution in [3.8, 4) is 0 Å². The maximum atomic E-state index is 12.9. The van der Waals surface area contributed by atoms with E-state index in [1.54, 1.807) is 0 Å². The predicted octanol–water partition coefficient (Wildman–Crippen LogP) is 2.30. The van der Waals surface area contributed by atoms with Crippen LogP contribution in [0.4, 0.5) is 19.0 Å². The lowest BCUT2D eigenvalue weighted by molar-refractivity contribution is -0.141. The minimum atomic E-state index is -4.47. The van der Waals surface area contributed by atoms with Gasteiger partial charge in [-0.2, -0.15) is 13.2 Å². The van der Waals surface area contributed by atoms with Crippen molar-refractivity contribution in [3.05, 3.63) is 23.4 Å². The molecule has 1 atom stereocenters. The van der Waals surface area contributed by atoms with Crippen molar-refractivity contribution in [2.75, 3.05) is 18.1 Å². The number of anilines is 1. The molecule has 1 fully saturated rings. The van der Waals surface area contributed by atoms with Crippen LogP contribution in [0.15, 0.2) is 12.1 Å². The van der Waals surface area contributed by atoms with E-state index in [1.165, 1.54) is 6.07 Å². The predicted molar refractivity (Wildman–Crippen MR) is 73.8 cm³/mol. The van der Waals surface area contributed by atoms with E-state index in [-0.39, 0.29) is 19.2 Å². The number of hydrogen-bond donors (Lipinski definition) is 2. The molecule has 1 saturated heterocycles. The fourth-order valence-electron chi connectivity index (χ4n) is 2.77. The van der Waals surface area contributed by atoms with Gasteiger partial charge in [0, 0.05) is 31.3 Å². The molecule has 0 radical (unpaired) electrons. The van der Waals surface area contributed by atoms with Crippen LogP contribution in [0, 0.1) is 0 Å². The first-order valence-corrected chi connectivity index (χ1v) is 7.12. The molecule has 1 aromatic rings. The summed E-state index contributed by atoms with van der Waals surface area (Å²) in [6, 6.07) is 2.39. The zero-order chi connectivity index (χ0) is 15.5. The normalized spacial score (nSPS) is 19.9. The van der Waals surface area contributed by atoms with Gasteiger partial charge in [0.1, 0.15) is 11.5 Å². The minimum absolute atomic E-state index is 0.0120. The number of aliphatic hydroxyl groups excluding tert-OH is 1. The Hall–Kier alpha value is -1.34. The Kier molecular flexibility index (Phi) is 5.05. The highest BCUT2D eigenvalue weighted by Gasteiger charge is 2.34. The van der Waals surface area contributed by atoms with Gasteiger partial charge >= 0.3 is 6.18 Å². The number of nitrogens with zero attached hydrogens (tertiary/aromatic N) is 2. The van der Waals surface area contributed by atoms with Gasteiger partial charge in [-0.3, -0.25) is 0 Å². The summed E-state index contributed by atoms with van der Waals surface area (Å²) in [5, 5.41) is 9.14. The quantitative estimate of drug-likeness (QED) is 0.896. The molecule has 3 N–H and O–H groups in total. The zero-order valence-corrected chi connectivity index (χ0v) is 11.7. The molecule has 2 rings (SSSR count). The van der Waals surface area contributed by atoms with Crippen LogP contribution in [0.25, 0.3) is 0 Å². The van der Waals surface area contributed by atoms with Gasteiger partial charge in [-0.1, -0.05) is 6.07 Å². The van der Waals surface area contributed by atoms with Crippen molar-refractivity contribution in [3.63, 3.8) is 0 Å². The Labute approximate surface area is 121 Å². The van der Waals surface area contributed by atoms with Crippen LogP contribution in [0.2, 0.25) is 0 Å². The molecule has 0 aromatic carbocycles. The van der Waals surface area contributed by atoms with Crippen molar-refractivity contribution in [2.45, 2.75) is 44.4 Å². The molecule has 118 valence electrons. The number of piperidine rings is 1. The van der Waals surface area contributed by atoms with Crippen LogP contribution in [0.5, 0.6) is 0 Å². The molecule has 1 aliphatic rings. The third-order valence-corrected chi connectivity index (χ3v) is 3.83. The highest BCUT2D eigenvalue weighted by Crippen LogP contribution is 2.33. The Morgan fingerprint density at radius 3 is 2.71 bits per heavy atom. The van der Waals surface area contributed by atoms with Crippen LogP contribution in [-0.4, -0.2) is 29.3 Å². The number of aromatic nitrogens is 1. The Bertz CT molecular complexity index is 477. The lowest BCUT2D eigenvalue weighted by atomic mass is 9.99. The number of hydrogen-bond acceptors (Lipinski definition) is 4. The maximum absolute atomic E-state index is 12.9. The summed E-state index contributed by atoms with van der Waals surface area (Å²) in [6.07, 6.45) is -1.17.